The summed E-state index contributed by atoms with van der Waals surface area (Å²) in [5, 5.41) is 0.893. The van der Waals surface area contributed by atoms with Gasteiger partial charge in [0.2, 0.25) is 5.91 Å². The quantitative estimate of drug-likeness (QED) is 0.752. The zero-order chi connectivity index (χ0) is 16.8. The van der Waals surface area contributed by atoms with Gasteiger partial charge in [0.05, 0.1) is 0 Å². The Kier molecular flexibility index (Phi) is 3.27. The molecular weight excluding hydrogens is 302 g/mol. The molecule has 2 atom stereocenters. The molecule has 1 aromatic heterocycles. The highest BCUT2D eigenvalue weighted by Gasteiger charge is 2.42. The molecule has 2 N–H and O–H groups in total. The van der Waals surface area contributed by atoms with Gasteiger partial charge >= 0.3 is 5.63 Å². The lowest BCUT2D eigenvalue weighted by atomic mass is 9.96. The van der Waals surface area contributed by atoms with Crippen molar-refractivity contribution < 1.29 is 9.21 Å². The summed E-state index contributed by atoms with van der Waals surface area (Å²) in [4.78, 5) is 23.3. The molecule has 3 aromatic rings. The zero-order valence-electron chi connectivity index (χ0n) is 13.3. The number of amides is 1. The van der Waals surface area contributed by atoms with Gasteiger partial charge in [-0.1, -0.05) is 36.4 Å². The van der Waals surface area contributed by atoms with Gasteiger partial charge in [-0.25, -0.2) is 4.79 Å². The number of primary amides is 1. The molecule has 4 rings (SSSR count). The van der Waals surface area contributed by atoms with Crippen molar-refractivity contribution in [2.45, 2.75) is 19.3 Å². The third-order valence-corrected chi connectivity index (χ3v) is 4.79. The van der Waals surface area contributed by atoms with Crippen LogP contribution in [-0.2, 0) is 4.79 Å². The highest BCUT2D eigenvalue weighted by atomic mass is 16.4. The van der Waals surface area contributed by atoms with Crippen LogP contribution in [0.15, 0.2) is 57.7 Å². The van der Waals surface area contributed by atoms with E-state index in [1.54, 1.807) is 0 Å². The predicted molar refractivity (Wildman–Crippen MR) is 92.7 cm³/mol. The molecule has 0 radical (unpaired) electrons. The van der Waals surface area contributed by atoms with Crippen LogP contribution in [0.2, 0.25) is 0 Å². The third kappa shape index (κ3) is 2.40. The van der Waals surface area contributed by atoms with Crippen molar-refractivity contribution >= 4 is 16.9 Å². The predicted octanol–water partition coefficient (Wildman–Crippen LogP) is 3.36. The Morgan fingerprint density at radius 1 is 1.12 bits per heavy atom. The van der Waals surface area contributed by atoms with E-state index >= 15 is 0 Å². The van der Waals surface area contributed by atoms with Crippen LogP contribution >= 0.6 is 0 Å². The van der Waals surface area contributed by atoms with E-state index in [-0.39, 0.29) is 23.4 Å². The Morgan fingerprint density at radius 2 is 1.92 bits per heavy atom. The molecule has 1 heterocycles. The maximum atomic E-state index is 12.0. The number of aryl methyl sites for hydroxylation is 1. The summed E-state index contributed by atoms with van der Waals surface area (Å²) in [6.45, 7) is 2.02. The van der Waals surface area contributed by atoms with E-state index in [2.05, 4.69) is 0 Å². The fourth-order valence-corrected chi connectivity index (χ4v) is 3.39. The Morgan fingerprint density at radius 3 is 2.62 bits per heavy atom. The van der Waals surface area contributed by atoms with Crippen LogP contribution < -0.4 is 11.4 Å². The highest BCUT2D eigenvalue weighted by Crippen LogP contribution is 2.47. The van der Waals surface area contributed by atoms with Crippen molar-refractivity contribution in [1.29, 1.82) is 0 Å². The van der Waals surface area contributed by atoms with Crippen LogP contribution in [-0.4, -0.2) is 5.91 Å². The summed E-state index contributed by atoms with van der Waals surface area (Å²) in [7, 11) is 0. The van der Waals surface area contributed by atoms with Gasteiger partial charge in [-0.3, -0.25) is 4.79 Å². The summed E-state index contributed by atoms with van der Waals surface area (Å²) in [5.41, 5.74) is 9.53. The van der Waals surface area contributed by atoms with Gasteiger partial charge in [-0.2, -0.15) is 0 Å². The normalized spacial score (nSPS) is 19.4. The SMILES string of the molecule is Cc1ccccc1-c1cc(=O)oc2cc([C@@H]3C[C@H]3C(N)=O)ccc12. The fraction of sp³-hybridized carbons (Fsp3) is 0.200. The van der Waals surface area contributed by atoms with Crippen molar-refractivity contribution in [3.05, 3.63) is 70.1 Å². The molecule has 1 fully saturated rings. The molecule has 24 heavy (non-hydrogen) atoms. The minimum Gasteiger partial charge on any atom is -0.423 e. The molecular formula is C20H17NO3. The number of rotatable bonds is 3. The molecule has 0 spiro atoms. The first-order chi connectivity index (χ1) is 11.5. The molecule has 1 aliphatic carbocycles. The topological polar surface area (TPSA) is 73.3 Å². The minimum absolute atomic E-state index is 0.103. The molecule has 0 saturated heterocycles. The summed E-state index contributed by atoms with van der Waals surface area (Å²) in [5.74, 6) is -0.233. The van der Waals surface area contributed by atoms with E-state index < -0.39 is 0 Å². The number of benzene rings is 2. The number of nitrogens with two attached hydrogens (primary N) is 1. The molecule has 1 aliphatic rings. The largest absolute Gasteiger partial charge is 0.423 e. The van der Waals surface area contributed by atoms with Gasteiger partial charge < -0.3 is 10.2 Å². The number of hydrogen-bond donors (Lipinski definition) is 1. The maximum absolute atomic E-state index is 12.0. The minimum atomic E-state index is -0.375. The molecule has 4 nitrogen and oxygen atoms in total. The number of carbonyl (C=O) groups is 1. The van der Waals surface area contributed by atoms with Crippen molar-refractivity contribution in [3.63, 3.8) is 0 Å². The summed E-state index contributed by atoms with van der Waals surface area (Å²) >= 11 is 0. The first kappa shape index (κ1) is 14.7. The summed E-state index contributed by atoms with van der Waals surface area (Å²) in [6.07, 6.45) is 0.766. The lowest BCUT2D eigenvalue weighted by Gasteiger charge is -2.09. The second-order valence-electron chi connectivity index (χ2n) is 6.40. The molecule has 2 aromatic carbocycles. The zero-order valence-corrected chi connectivity index (χ0v) is 13.3. The summed E-state index contributed by atoms with van der Waals surface area (Å²) < 4.78 is 5.41. The van der Waals surface area contributed by atoms with Gasteiger partial charge in [0.25, 0.3) is 0 Å². The molecule has 120 valence electrons. The van der Waals surface area contributed by atoms with Crippen LogP contribution in [0.3, 0.4) is 0 Å². The highest BCUT2D eigenvalue weighted by molar-refractivity contribution is 5.94. The number of fused-ring (bicyclic) bond motifs is 1. The first-order valence-electron chi connectivity index (χ1n) is 7.98. The van der Waals surface area contributed by atoms with Crippen LogP contribution in [0.25, 0.3) is 22.1 Å². The van der Waals surface area contributed by atoms with Crippen LogP contribution in [0.5, 0.6) is 0 Å². The fourth-order valence-electron chi connectivity index (χ4n) is 3.39. The summed E-state index contributed by atoms with van der Waals surface area (Å²) in [6, 6.07) is 15.3. The first-order valence-corrected chi connectivity index (χ1v) is 7.98. The number of hydrogen-bond acceptors (Lipinski definition) is 3. The van der Waals surface area contributed by atoms with Gasteiger partial charge in [0, 0.05) is 22.9 Å². The van der Waals surface area contributed by atoms with Crippen LogP contribution in [0.4, 0.5) is 0 Å². The van der Waals surface area contributed by atoms with E-state index in [0.29, 0.717) is 5.58 Å². The Hall–Kier alpha value is -2.88. The standard InChI is InChI=1S/C20H17NO3/c1-11-4-2-3-5-13(11)16-10-19(22)24-18-8-12(6-7-14(16)18)15-9-17(15)20(21)23/h2-8,10,15,17H,9H2,1H3,(H2,21,23)/t15-,17+/m0/s1. The van der Waals surface area contributed by atoms with Crippen LogP contribution in [0, 0.1) is 12.8 Å². The second kappa shape index (κ2) is 5.34. The van der Waals surface area contributed by atoms with E-state index in [1.807, 2.05) is 49.4 Å². The molecule has 0 aliphatic heterocycles. The average molecular weight is 319 g/mol. The van der Waals surface area contributed by atoms with Gasteiger partial charge in [-0.05, 0) is 42.0 Å². The van der Waals surface area contributed by atoms with Crippen molar-refractivity contribution in [3.8, 4) is 11.1 Å². The maximum Gasteiger partial charge on any atom is 0.336 e. The van der Waals surface area contributed by atoms with Crippen molar-refractivity contribution in [1.82, 2.24) is 0 Å². The number of carbonyl (C=O) groups excluding carboxylic acids is 1. The van der Waals surface area contributed by atoms with Crippen molar-refractivity contribution in [2.75, 3.05) is 0 Å². The lowest BCUT2D eigenvalue weighted by molar-refractivity contribution is -0.119. The Labute approximate surface area is 138 Å². The molecule has 0 bridgehead atoms. The Bertz CT molecular complexity index is 1020. The molecule has 0 unspecified atom stereocenters. The average Bonchev–Trinajstić information content (AvgIpc) is 3.35. The van der Waals surface area contributed by atoms with Gasteiger partial charge in [0.15, 0.2) is 0 Å². The van der Waals surface area contributed by atoms with E-state index in [9.17, 15) is 9.59 Å². The lowest BCUT2D eigenvalue weighted by Crippen LogP contribution is -2.13. The Balaban J connectivity index is 1.87. The monoisotopic (exact) mass is 319 g/mol. The molecule has 4 heteroatoms. The van der Waals surface area contributed by atoms with E-state index in [1.165, 1.54) is 6.07 Å². The van der Waals surface area contributed by atoms with Crippen LogP contribution in [0.1, 0.15) is 23.5 Å². The molecule has 1 amide bonds. The van der Waals surface area contributed by atoms with E-state index in [4.69, 9.17) is 10.2 Å². The second-order valence-corrected chi connectivity index (χ2v) is 6.40. The van der Waals surface area contributed by atoms with Gasteiger partial charge in [0.1, 0.15) is 5.58 Å². The smallest absolute Gasteiger partial charge is 0.336 e. The van der Waals surface area contributed by atoms with Gasteiger partial charge in [-0.15, -0.1) is 0 Å². The third-order valence-electron chi connectivity index (χ3n) is 4.79. The van der Waals surface area contributed by atoms with Crippen molar-refractivity contribution in [2.24, 2.45) is 11.7 Å². The van der Waals surface area contributed by atoms with E-state index in [0.717, 1.165) is 34.1 Å². The molecule has 1 saturated carbocycles.